The van der Waals surface area contributed by atoms with Crippen molar-refractivity contribution in [3.63, 3.8) is 0 Å². The second-order valence-corrected chi connectivity index (χ2v) is 6.05. The fourth-order valence-corrected chi connectivity index (χ4v) is 3.07. The molecule has 1 aliphatic heterocycles. The lowest BCUT2D eigenvalue weighted by Crippen LogP contribution is -2.57. The molecule has 0 aromatic carbocycles. The van der Waals surface area contributed by atoms with Crippen molar-refractivity contribution in [3.05, 3.63) is 0 Å². The molecule has 3 unspecified atom stereocenters. The fraction of sp³-hybridized carbons (Fsp3) is 0.938. The third kappa shape index (κ3) is 5.06. The lowest BCUT2D eigenvalue weighted by atomic mass is 9.94. The predicted octanol–water partition coefficient (Wildman–Crippen LogP) is 2.14. The Morgan fingerprint density at radius 1 is 1.30 bits per heavy atom. The normalized spacial score (nSPS) is 23.3. The molecule has 0 spiro atoms. The summed E-state index contributed by atoms with van der Waals surface area (Å²) in [6.45, 7) is 8.31. The fourth-order valence-electron chi connectivity index (χ4n) is 3.07. The topological polar surface area (TPSA) is 44.4 Å². The van der Waals surface area contributed by atoms with Gasteiger partial charge in [-0.25, -0.2) is 0 Å². The number of amides is 1. The highest BCUT2D eigenvalue weighted by molar-refractivity contribution is 5.81. The number of nitrogens with one attached hydrogen (secondary N) is 2. The van der Waals surface area contributed by atoms with E-state index in [1.807, 2.05) is 7.05 Å². The third-order valence-electron chi connectivity index (χ3n) is 4.58. The van der Waals surface area contributed by atoms with Crippen molar-refractivity contribution < 1.29 is 4.79 Å². The van der Waals surface area contributed by atoms with Gasteiger partial charge in [-0.15, -0.1) is 0 Å². The van der Waals surface area contributed by atoms with Crippen molar-refractivity contribution in [2.24, 2.45) is 0 Å². The molecule has 4 nitrogen and oxygen atoms in total. The van der Waals surface area contributed by atoms with Gasteiger partial charge in [0.1, 0.15) is 0 Å². The Bertz CT molecular complexity index is 283. The number of hydrogen-bond acceptors (Lipinski definition) is 3. The van der Waals surface area contributed by atoms with E-state index in [1.54, 1.807) is 0 Å². The first-order valence-corrected chi connectivity index (χ1v) is 8.32. The maximum absolute atomic E-state index is 12.3. The number of carbonyl (C=O) groups is 1. The zero-order chi connectivity index (χ0) is 15.0. The van der Waals surface area contributed by atoms with Gasteiger partial charge in [0.25, 0.3) is 0 Å². The second-order valence-electron chi connectivity index (χ2n) is 6.05. The molecular weight excluding hydrogens is 250 g/mol. The van der Waals surface area contributed by atoms with Crippen molar-refractivity contribution in [2.45, 2.75) is 77.4 Å². The van der Waals surface area contributed by atoms with Crippen LogP contribution in [0.1, 0.15) is 59.3 Å². The number of likely N-dealkylation sites (N-methyl/N-ethyl adjacent to an activating group) is 1. The SMILES string of the molecule is CCCCCNC(=O)C(C)N1CCCCC1C(C)NC. The van der Waals surface area contributed by atoms with Crippen molar-refractivity contribution >= 4 is 5.91 Å². The van der Waals surface area contributed by atoms with E-state index in [1.165, 1.54) is 32.1 Å². The highest BCUT2D eigenvalue weighted by atomic mass is 16.2. The maximum Gasteiger partial charge on any atom is 0.237 e. The van der Waals surface area contributed by atoms with Crippen LogP contribution < -0.4 is 10.6 Å². The molecule has 1 aliphatic rings. The zero-order valence-electron chi connectivity index (χ0n) is 13.7. The van der Waals surface area contributed by atoms with Crippen LogP contribution in [-0.2, 0) is 4.79 Å². The number of carbonyl (C=O) groups excluding carboxylic acids is 1. The van der Waals surface area contributed by atoms with E-state index < -0.39 is 0 Å². The van der Waals surface area contributed by atoms with E-state index in [9.17, 15) is 4.79 Å². The van der Waals surface area contributed by atoms with E-state index in [4.69, 9.17) is 0 Å². The van der Waals surface area contributed by atoms with Crippen molar-refractivity contribution in [3.8, 4) is 0 Å². The highest BCUT2D eigenvalue weighted by Gasteiger charge is 2.32. The van der Waals surface area contributed by atoms with Crippen molar-refractivity contribution in [1.82, 2.24) is 15.5 Å². The van der Waals surface area contributed by atoms with E-state index in [0.29, 0.717) is 12.1 Å². The lowest BCUT2D eigenvalue weighted by molar-refractivity contribution is -0.127. The molecule has 20 heavy (non-hydrogen) atoms. The van der Waals surface area contributed by atoms with E-state index in [0.717, 1.165) is 19.5 Å². The van der Waals surface area contributed by atoms with Gasteiger partial charge in [-0.3, -0.25) is 9.69 Å². The van der Waals surface area contributed by atoms with E-state index >= 15 is 0 Å². The number of unbranched alkanes of at least 4 members (excludes halogenated alkanes) is 2. The molecule has 0 radical (unpaired) electrons. The van der Waals surface area contributed by atoms with Crippen LogP contribution in [0.5, 0.6) is 0 Å². The zero-order valence-corrected chi connectivity index (χ0v) is 13.7. The summed E-state index contributed by atoms with van der Waals surface area (Å²) in [5.74, 6) is 0.191. The van der Waals surface area contributed by atoms with E-state index in [-0.39, 0.29) is 11.9 Å². The molecule has 1 heterocycles. The highest BCUT2D eigenvalue weighted by Crippen LogP contribution is 2.22. The van der Waals surface area contributed by atoms with Crippen LogP contribution in [0.3, 0.4) is 0 Å². The van der Waals surface area contributed by atoms with Crippen LogP contribution in [0.25, 0.3) is 0 Å². The van der Waals surface area contributed by atoms with Gasteiger partial charge in [0.2, 0.25) is 5.91 Å². The van der Waals surface area contributed by atoms with Gasteiger partial charge in [-0.2, -0.15) is 0 Å². The van der Waals surface area contributed by atoms with Crippen molar-refractivity contribution in [2.75, 3.05) is 20.1 Å². The first kappa shape index (κ1) is 17.4. The summed E-state index contributed by atoms with van der Waals surface area (Å²) in [6.07, 6.45) is 7.15. The Morgan fingerprint density at radius 3 is 2.70 bits per heavy atom. The summed E-state index contributed by atoms with van der Waals surface area (Å²) < 4.78 is 0. The molecule has 3 atom stereocenters. The molecule has 4 heteroatoms. The number of likely N-dealkylation sites (tertiary alicyclic amines) is 1. The second kappa shape index (κ2) is 9.35. The average Bonchev–Trinajstić information content (AvgIpc) is 2.49. The van der Waals surface area contributed by atoms with Crippen LogP contribution in [0.4, 0.5) is 0 Å². The van der Waals surface area contributed by atoms with Gasteiger partial charge in [-0.05, 0) is 46.7 Å². The number of rotatable bonds is 8. The van der Waals surface area contributed by atoms with Gasteiger partial charge >= 0.3 is 0 Å². The Balaban J connectivity index is 2.49. The monoisotopic (exact) mass is 283 g/mol. The molecule has 1 amide bonds. The molecule has 1 rings (SSSR count). The first-order valence-electron chi connectivity index (χ1n) is 8.32. The molecule has 1 fully saturated rings. The Morgan fingerprint density at radius 2 is 2.05 bits per heavy atom. The number of nitrogens with zero attached hydrogens (tertiary/aromatic N) is 1. The van der Waals surface area contributed by atoms with Gasteiger partial charge in [-0.1, -0.05) is 26.2 Å². The van der Waals surface area contributed by atoms with Crippen LogP contribution in [-0.4, -0.2) is 49.1 Å². The molecule has 0 bridgehead atoms. The molecule has 118 valence electrons. The minimum Gasteiger partial charge on any atom is -0.355 e. The number of hydrogen-bond donors (Lipinski definition) is 2. The number of piperidine rings is 1. The van der Waals surface area contributed by atoms with Gasteiger partial charge < -0.3 is 10.6 Å². The Labute approximate surface area is 124 Å². The molecule has 0 aliphatic carbocycles. The van der Waals surface area contributed by atoms with Gasteiger partial charge in [0.15, 0.2) is 0 Å². The average molecular weight is 283 g/mol. The summed E-state index contributed by atoms with van der Waals surface area (Å²) >= 11 is 0. The van der Waals surface area contributed by atoms with Crippen LogP contribution >= 0.6 is 0 Å². The Kier molecular flexibility index (Phi) is 8.15. The van der Waals surface area contributed by atoms with Gasteiger partial charge in [0, 0.05) is 18.6 Å². The van der Waals surface area contributed by atoms with Crippen molar-refractivity contribution in [1.29, 1.82) is 0 Å². The maximum atomic E-state index is 12.3. The minimum absolute atomic E-state index is 0.0160. The largest absolute Gasteiger partial charge is 0.355 e. The standard InChI is InChI=1S/C16H33N3O/c1-5-6-8-11-18-16(20)14(3)19-12-9-7-10-15(19)13(2)17-4/h13-15,17H,5-12H2,1-4H3,(H,18,20). The lowest BCUT2D eigenvalue weighted by Gasteiger charge is -2.42. The quantitative estimate of drug-likeness (QED) is 0.671. The van der Waals surface area contributed by atoms with Crippen LogP contribution in [0, 0.1) is 0 Å². The summed E-state index contributed by atoms with van der Waals surface area (Å²) in [6, 6.07) is 0.897. The summed E-state index contributed by atoms with van der Waals surface area (Å²) in [7, 11) is 2.01. The summed E-state index contributed by atoms with van der Waals surface area (Å²) in [5.41, 5.74) is 0. The smallest absolute Gasteiger partial charge is 0.237 e. The van der Waals surface area contributed by atoms with Crippen LogP contribution in [0.2, 0.25) is 0 Å². The predicted molar refractivity (Wildman–Crippen MR) is 84.9 cm³/mol. The summed E-state index contributed by atoms with van der Waals surface area (Å²) in [5, 5.41) is 6.44. The van der Waals surface area contributed by atoms with E-state index in [2.05, 4.69) is 36.3 Å². The molecule has 1 saturated heterocycles. The Hall–Kier alpha value is -0.610. The molecule has 0 aromatic rings. The third-order valence-corrected chi connectivity index (χ3v) is 4.58. The minimum atomic E-state index is -0.0160. The molecule has 0 saturated carbocycles. The summed E-state index contributed by atoms with van der Waals surface area (Å²) in [4.78, 5) is 14.7. The first-order chi connectivity index (χ1) is 9.61. The van der Waals surface area contributed by atoms with Gasteiger partial charge in [0.05, 0.1) is 6.04 Å². The molecular formula is C16H33N3O. The van der Waals surface area contributed by atoms with Crippen LogP contribution in [0.15, 0.2) is 0 Å². The molecule has 0 aromatic heterocycles. The molecule has 2 N–H and O–H groups in total.